The topological polar surface area (TPSA) is 80.5 Å². The molecule has 0 heterocycles. The Kier molecular flexibility index (Phi) is 10.2. The number of amides is 1. The molecular formula is C17H29ClN2O3S. The van der Waals surface area contributed by atoms with E-state index in [1.807, 2.05) is 6.92 Å². The Morgan fingerprint density at radius 1 is 1.12 bits per heavy atom. The highest BCUT2D eigenvalue weighted by Gasteiger charge is 2.17. The van der Waals surface area contributed by atoms with Crippen LogP contribution in [0.25, 0.3) is 0 Å². The number of hydrogen-bond acceptors (Lipinski definition) is 4. The van der Waals surface area contributed by atoms with Crippen molar-refractivity contribution in [1.82, 2.24) is 4.90 Å². The fourth-order valence-electron chi connectivity index (χ4n) is 2.38. The molecule has 2 N–H and O–H groups in total. The molecule has 1 unspecified atom stereocenters. The molecule has 7 heteroatoms. The highest BCUT2D eigenvalue weighted by molar-refractivity contribution is 7.90. The molecule has 138 valence electrons. The molecule has 0 bridgehead atoms. The quantitative estimate of drug-likeness (QED) is 0.672. The van der Waals surface area contributed by atoms with Crippen molar-refractivity contribution in [2.45, 2.75) is 50.0 Å². The van der Waals surface area contributed by atoms with Crippen LogP contribution in [0.15, 0.2) is 29.2 Å². The molecule has 0 spiro atoms. The molecule has 1 rings (SSSR count). The molecular weight excluding hydrogens is 348 g/mol. The number of sulfone groups is 1. The largest absolute Gasteiger partial charge is 0.339 e. The third kappa shape index (κ3) is 7.20. The van der Waals surface area contributed by atoms with Gasteiger partial charge in [0.15, 0.2) is 9.84 Å². The fourth-order valence-corrected chi connectivity index (χ4v) is 3.01. The number of hydrogen-bond donors (Lipinski definition) is 1. The summed E-state index contributed by atoms with van der Waals surface area (Å²) in [7, 11) is -1.40. The van der Waals surface area contributed by atoms with Crippen LogP contribution in [0.1, 0.15) is 50.6 Å². The van der Waals surface area contributed by atoms with Crippen LogP contribution < -0.4 is 5.73 Å². The summed E-state index contributed by atoms with van der Waals surface area (Å²) in [5.41, 5.74) is 6.37. The van der Waals surface area contributed by atoms with Gasteiger partial charge >= 0.3 is 0 Å². The maximum Gasteiger partial charge on any atom is 0.222 e. The van der Waals surface area contributed by atoms with E-state index in [1.165, 1.54) is 6.26 Å². The average molecular weight is 377 g/mol. The zero-order chi connectivity index (χ0) is 17.5. The zero-order valence-electron chi connectivity index (χ0n) is 14.7. The Morgan fingerprint density at radius 3 is 2.17 bits per heavy atom. The van der Waals surface area contributed by atoms with Gasteiger partial charge in [-0.15, -0.1) is 12.4 Å². The summed E-state index contributed by atoms with van der Waals surface area (Å²) in [6.45, 7) is 2.65. The van der Waals surface area contributed by atoms with Crippen LogP contribution >= 0.6 is 12.4 Å². The van der Waals surface area contributed by atoms with Gasteiger partial charge in [-0.3, -0.25) is 4.79 Å². The molecule has 0 aliphatic carbocycles. The van der Waals surface area contributed by atoms with Gasteiger partial charge in [-0.1, -0.05) is 25.0 Å². The summed E-state index contributed by atoms with van der Waals surface area (Å²) in [6.07, 6.45) is 5.69. The third-order valence-electron chi connectivity index (χ3n) is 4.11. The lowest BCUT2D eigenvalue weighted by Crippen LogP contribution is -2.29. The molecule has 1 amide bonds. The first kappa shape index (κ1) is 22.9. The van der Waals surface area contributed by atoms with Crippen molar-refractivity contribution in [3.8, 4) is 0 Å². The zero-order valence-corrected chi connectivity index (χ0v) is 16.3. The Balaban J connectivity index is 0.00000529. The van der Waals surface area contributed by atoms with E-state index in [-0.39, 0.29) is 24.4 Å². The molecule has 1 atom stereocenters. The van der Waals surface area contributed by atoms with E-state index in [4.69, 9.17) is 5.73 Å². The van der Waals surface area contributed by atoms with E-state index in [1.54, 1.807) is 36.2 Å². The molecule has 0 aliphatic heterocycles. The van der Waals surface area contributed by atoms with Gasteiger partial charge in [0.25, 0.3) is 0 Å². The highest BCUT2D eigenvalue weighted by atomic mass is 35.5. The molecule has 0 aliphatic rings. The number of carbonyl (C=O) groups excluding carboxylic acids is 1. The maximum absolute atomic E-state index is 12.2. The number of benzene rings is 1. The van der Waals surface area contributed by atoms with Crippen LogP contribution in [-0.2, 0) is 14.6 Å². The molecule has 1 aromatic carbocycles. The standard InChI is InChI=1S/C17H28N2O3S.ClH/c1-14(15-9-11-16(12-10-15)23(3,21)22)19(2)17(20)8-6-4-5-7-13-18;/h9-12,14H,4-8,13,18H2,1-3H3;1H. The molecule has 1 aromatic rings. The summed E-state index contributed by atoms with van der Waals surface area (Å²) in [5, 5.41) is 0. The van der Waals surface area contributed by atoms with E-state index >= 15 is 0 Å². The van der Waals surface area contributed by atoms with Gasteiger partial charge in [-0.2, -0.15) is 0 Å². The monoisotopic (exact) mass is 376 g/mol. The lowest BCUT2D eigenvalue weighted by atomic mass is 10.1. The summed E-state index contributed by atoms with van der Waals surface area (Å²) < 4.78 is 23.0. The predicted octanol–water partition coefficient (Wildman–Crippen LogP) is 2.94. The second-order valence-corrected chi connectivity index (χ2v) is 7.99. The molecule has 0 saturated carbocycles. The number of unbranched alkanes of at least 4 members (excludes halogenated alkanes) is 3. The number of carbonyl (C=O) groups is 1. The van der Waals surface area contributed by atoms with Gasteiger partial charge in [-0.25, -0.2) is 8.42 Å². The smallest absolute Gasteiger partial charge is 0.222 e. The van der Waals surface area contributed by atoms with Crippen molar-refractivity contribution in [2.24, 2.45) is 5.73 Å². The predicted molar refractivity (Wildman–Crippen MR) is 100 cm³/mol. The average Bonchev–Trinajstić information content (AvgIpc) is 2.52. The highest BCUT2D eigenvalue weighted by Crippen LogP contribution is 2.21. The number of rotatable bonds is 9. The van der Waals surface area contributed by atoms with Crippen molar-refractivity contribution in [2.75, 3.05) is 19.8 Å². The summed E-state index contributed by atoms with van der Waals surface area (Å²) in [4.78, 5) is 14.2. The van der Waals surface area contributed by atoms with E-state index in [2.05, 4.69) is 0 Å². The Hall–Kier alpha value is -1.11. The van der Waals surface area contributed by atoms with Crippen LogP contribution in [0.5, 0.6) is 0 Å². The summed E-state index contributed by atoms with van der Waals surface area (Å²) >= 11 is 0. The van der Waals surface area contributed by atoms with Gasteiger partial charge in [0.05, 0.1) is 10.9 Å². The minimum atomic E-state index is -3.19. The Bertz CT molecular complexity index is 603. The van der Waals surface area contributed by atoms with E-state index in [9.17, 15) is 13.2 Å². The second-order valence-electron chi connectivity index (χ2n) is 5.97. The van der Waals surface area contributed by atoms with Crippen molar-refractivity contribution < 1.29 is 13.2 Å². The minimum Gasteiger partial charge on any atom is -0.339 e. The lowest BCUT2D eigenvalue weighted by Gasteiger charge is -2.25. The number of nitrogens with zero attached hydrogens (tertiary/aromatic N) is 1. The van der Waals surface area contributed by atoms with Crippen molar-refractivity contribution in [3.63, 3.8) is 0 Å². The molecule has 24 heavy (non-hydrogen) atoms. The van der Waals surface area contributed by atoms with Crippen LogP contribution in [0.4, 0.5) is 0 Å². The van der Waals surface area contributed by atoms with Crippen LogP contribution in [0.2, 0.25) is 0 Å². The second kappa shape index (κ2) is 10.7. The minimum absolute atomic E-state index is 0. The first-order chi connectivity index (χ1) is 10.8. The van der Waals surface area contributed by atoms with Crippen LogP contribution in [-0.4, -0.2) is 39.1 Å². The molecule has 0 fully saturated rings. The van der Waals surface area contributed by atoms with Gasteiger partial charge in [0, 0.05) is 19.7 Å². The lowest BCUT2D eigenvalue weighted by molar-refractivity contribution is -0.131. The fraction of sp³-hybridized carbons (Fsp3) is 0.588. The van der Waals surface area contributed by atoms with Crippen LogP contribution in [0, 0.1) is 0 Å². The number of halogens is 1. The molecule has 5 nitrogen and oxygen atoms in total. The van der Waals surface area contributed by atoms with Gasteiger partial charge in [-0.05, 0) is 44.0 Å². The van der Waals surface area contributed by atoms with E-state index in [0.717, 1.165) is 31.2 Å². The first-order valence-corrected chi connectivity index (χ1v) is 9.92. The first-order valence-electron chi connectivity index (χ1n) is 8.03. The van der Waals surface area contributed by atoms with E-state index in [0.29, 0.717) is 17.9 Å². The van der Waals surface area contributed by atoms with Crippen molar-refractivity contribution in [3.05, 3.63) is 29.8 Å². The van der Waals surface area contributed by atoms with Crippen molar-refractivity contribution in [1.29, 1.82) is 0 Å². The molecule has 0 saturated heterocycles. The molecule has 0 aromatic heterocycles. The Morgan fingerprint density at radius 2 is 1.67 bits per heavy atom. The number of nitrogens with two attached hydrogens (primary N) is 1. The maximum atomic E-state index is 12.2. The van der Waals surface area contributed by atoms with Crippen LogP contribution in [0.3, 0.4) is 0 Å². The normalized spacial score (nSPS) is 12.3. The third-order valence-corrected chi connectivity index (χ3v) is 5.24. The van der Waals surface area contributed by atoms with Gasteiger partial charge in [0.2, 0.25) is 5.91 Å². The van der Waals surface area contributed by atoms with E-state index < -0.39 is 9.84 Å². The van der Waals surface area contributed by atoms with Gasteiger partial charge in [0.1, 0.15) is 0 Å². The summed E-state index contributed by atoms with van der Waals surface area (Å²) in [5.74, 6) is 0.109. The summed E-state index contributed by atoms with van der Waals surface area (Å²) in [6, 6.07) is 6.64. The molecule has 0 radical (unpaired) electrons. The van der Waals surface area contributed by atoms with Crippen molar-refractivity contribution >= 4 is 28.2 Å². The Labute approximate surface area is 151 Å². The SMILES string of the molecule is CC(c1ccc(S(C)(=O)=O)cc1)N(C)C(=O)CCCCCCN.Cl. The van der Waals surface area contributed by atoms with Gasteiger partial charge < -0.3 is 10.6 Å².